The zero-order chi connectivity index (χ0) is 27.2. The van der Waals surface area contributed by atoms with Gasteiger partial charge >= 0.3 is 0 Å². The summed E-state index contributed by atoms with van der Waals surface area (Å²) < 4.78 is 33.5. The first-order valence-electron chi connectivity index (χ1n) is 11.2. The van der Waals surface area contributed by atoms with Crippen molar-refractivity contribution in [2.45, 2.75) is 24.4 Å². The van der Waals surface area contributed by atoms with E-state index in [1.54, 1.807) is 56.5 Å². The average Bonchev–Trinajstić information content (AvgIpc) is 2.91. The smallest absolute Gasteiger partial charge is 0.264 e. The molecular weight excluding hydrogens is 537 g/mol. The van der Waals surface area contributed by atoms with Crippen molar-refractivity contribution in [3.8, 4) is 5.75 Å². The van der Waals surface area contributed by atoms with E-state index in [4.69, 9.17) is 27.9 Å². The Morgan fingerprint density at radius 2 is 1.62 bits per heavy atom. The number of carbonyl (C=O) groups is 2. The van der Waals surface area contributed by atoms with Crippen molar-refractivity contribution in [1.82, 2.24) is 10.2 Å². The van der Waals surface area contributed by atoms with Crippen LogP contribution in [0.25, 0.3) is 0 Å². The topological polar surface area (TPSA) is 96.0 Å². The minimum Gasteiger partial charge on any atom is -0.497 e. The molecule has 3 aromatic carbocycles. The van der Waals surface area contributed by atoms with Gasteiger partial charge in [-0.2, -0.15) is 0 Å². The molecule has 3 rings (SSSR count). The van der Waals surface area contributed by atoms with E-state index in [1.807, 2.05) is 0 Å². The summed E-state index contributed by atoms with van der Waals surface area (Å²) >= 11 is 12.2. The van der Waals surface area contributed by atoms with E-state index in [-0.39, 0.29) is 27.2 Å². The first-order valence-corrected chi connectivity index (χ1v) is 13.4. The van der Waals surface area contributed by atoms with Gasteiger partial charge in [0.25, 0.3) is 10.0 Å². The molecule has 0 heterocycles. The number of hydrogen-bond acceptors (Lipinski definition) is 5. The summed E-state index contributed by atoms with van der Waals surface area (Å²) in [4.78, 5) is 27.5. The number of hydrogen-bond donors (Lipinski definition) is 1. The van der Waals surface area contributed by atoms with Gasteiger partial charge in [0, 0.05) is 13.6 Å². The standard InChI is InChI=1S/C26H27Cl2N3O5S/c1-18(26(33)29-2)30(16-19-9-12-21(36-3)13-10-19)25(32)17-31(20-11-14-23(27)24(28)15-20)37(34,35)22-7-5-4-6-8-22/h4-15,18H,16-17H2,1-3H3,(H,29,33). The van der Waals surface area contributed by atoms with E-state index >= 15 is 0 Å². The molecule has 1 atom stereocenters. The van der Waals surface area contributed by atoms with E-state index in [0.717, 1.165) is 9.87 Å². The minimum absolute atomic E-state index is 0.00470. The highest BCUT2D eigenvalue weighted by atomic mass is 35.5. The summed E-state index contributed by atoms with van der Waals surface area (Å²) in [7, 11) is -1.16. The van der Waals surface area contributed by atoms with Crippen molar-refractivity contribution >= 4 is 50.7 Å². The van der Waals surface area contributed by atoms with Gasteiger partial charge in [-0.25, -0.2) is 8.42 Å². The van der Waals surface area contributed by atoms with E-state index in [0.29, 0.717) is 5.75 Å². The number of ether oxygens (including phenoxy) is 1. The Hall–Kier alpha value is -3.27. The normalized spacial score (nSPS) is 11.9. The molecule has 11 heteroatoms. The molecule has 3 aromatic rings. The summed E-state index contributed by atoms with van der Waals surface area (Å²) in [6.07, 6.45) is 0. The predicted molar refractivity (Wildman–Crippen MR) is 145 cm³/mol. The van der Waals surface area contributed by atoms with Crippen LogP contribution >= 0.6 is 23.2 Å². The maximum atomic E-state index is 13.7. The fourth-order valence-electron chi connectivity index (χ4n) is 3.61. The van der Waals surface area contributed by atoms with Crippen molar-refractivity contribution in [3.63, 3.8) is 0 Å². The molecule has 0 aliphatic carbocycles. The Labute approximate surface area is 226 Å². The molecule has 0 aliphatic heterocycles. The van der Waals surface area contributed by atoms with Gasteiger partial charge < -0.3 is 15.0 Å². The molecule has 0 saturated heterocycles. The van der Waals surface area contributed by atoms with Gasteiger partial charge in [-0.05, 0) is 55.0 Å². The van der Waals surface area contributed by atoms with Crippen molar-refractivity contribution in [1.29, 1.82) is 0 Å². The average molecular weight is 564 g/mol. The molecule has 0 spiro atoms. The number of likely N-dealkylation sites (N-methyl/N-ethyl adjacent to an activating group) is 1. The van der Waals surface area contributed by atoms with Gasteiger partial charge in [0.2, 0.25) is 11.8 Å². The van der Waals surface area contributed by atoms with Gasteiger partial charge in [0.1, 0.15) is 18.3 Å². The molecule has 2 amide bonds. The maximum absolute atomic E-state index is 13.7. The Kier molecular flexibility index (Phi) is 9.42. The number of halogens is 2. The third-order valence-electron chi connectivity index (χ3n) is 5.73. The van der Waals surface area contributed by atoms with E-state index in [2.05, 4.69) is 5.32 Å². The Bertz CT molecular complexity index is 1350. The van der Waals surface area contributed by atoms with Crippen LogP contribution in [-0.2, 0) is 26.2 Å². The summed E-state index contributed by atoms with van der Waals surface area (Å²) in [6.45, 7) is 1.07. The van der Waals surface area contributed by atoms with Gasteiger partial charge in [-0.3, -0.25) is 13.9 Å². The Morgan fingerprint density at radius 3 is 2.19 bits per heavy atom. The predicted octanol–water partition coefficient (Wildman–Crippen LogP) is 4.36. The fourth-order valence-corrected chi connectivity index (χ4v) is 5.33. The van der Waals surface area contributed by atoms with Crippen LogP contribution in [0.5, 0.6) is 5.75 Å². The quantitative estimate of drug-likeness (QED) is 0.395. The van der Waals surface area contributed by atoms with E-state index in [9.17, 15) is 18.0 Å². The lowest BCUT2D eigenvalue weighted by molar-refractivity contribution is -0.139. The van der Waals surface area contributed by atoms with E-state index in [1.165, 1.54) is 42.3 Å². The van der Waals surface area contributed by atoms with Crippen LogP contribution in [0.2, 0.25) is 10.0 Å². The number of amides is 2. The first-order chi connectivity index (χ1) is 17.6. The van der Waals surface area contributed by atoms with Gasteiger partial charge in [-0.15, -0.1) is 0 Å². The zero-order valence-corrected chi connectivity index (χ0v) is 22.8. The minimum atomic E-state index is -4.18. The molecule has 0 bridgehead atoms. The second-order valence-electron chi connectivity index (χ2n) is 8.08. The number of benzene rings is 3. The van der Waals surface area contributed by atoms with Crippen molar-refractivity contribution < 1.29 is 22.7 Å². The van der Waals surface area contributed by atoms with Crippen LogP contribution in [0.15, 0.2) is 77.7 Å². The SMILES string of the molecule is CNC(=O)C(C)N(Cc1ccc(OC)cc1)C(=O)CN(c1ccc(Cl)c(Cl)c1)S(=O)(=O)c1ccccc1. The number of nitrogens with one attached hydrogen (secondary N) is 1. The molecule has 0 saturated carbocycles. The molecule has 1 N–H and O–H groups in total. The van der Waals surface area contributed by atoms with Gasteiger partial charge in [0.15, 0.2) is 0 Å². The monoisotopic (exact) mass is 563 g/mol. The number of rotatable bonds is 10. The third-order valence-corrected chi connectivity index (χ3v) is 8.25. The fraction of sp³-hybridized carbons (Fsp3) is 0.231. The highest BCUT2D eigenvalue weighted by Crippen LogP contribution is 2.31. The summed E-state index contributed by atoms with van der Waals surface area (Å²) in [5.41, 5.74) is 0.889. The van der Waals surface area contributed by atoms with E-state index < -0.39 is 34.4 Å². The Balaban J connectivity index is 2.03. The molecule has 37 heavy (non-hydrogen) atoms. The number of anilines is 1. The third kappa shape index (κ3) is 6.74. The van der Waals surface area contributed by atoms with Crippen molar-refractivity contribution in [3.05, 3.63) is 88.4 Å². The molecule has 0 fully saturated rings. The summed E-state index contributed by atoms with van der Waals surface area (Å²) in [6, 6.07) is 18.2. The molecular formula is C26H27Cl2N3O5S. The molecule has 8 nitrogen and oxygen atoms in total. The van der Waals surface area contributed by atoms with Crippen LogP contribution in [0, 0.1) is 0 Å². The summed E-state index contributed by atoms with van der Waals surface area (Å²) in [5, 5.41) is 2.91. The number of carbonyl (C=O) groups excluding carboxylic acids is 2. The molecule has 0 aromatic heterocycles. The largest absolute Gasteiger partial charge is 0.497 e. The maximum Gasteiger partial charge on any atom is 0.264 e. The number of methoxy groups -OCH3 is 1. The van der Waals surface area contributed by atoms with Gasteiger partial charge in [0.05, 0.1) is 27.7 Å². The van der Waals surface area contributed by atoms with Gasteiger partial charge in [-0.1, -0.05) is 53.5 Å². The van der Waals surface area contributed by atoms with Crippen molar-refractivity contribution in [2.75, 3.05) is 25.0 Å². The lowest BCUT2D eigenvalue weighted by Crippen LogP contribution is -2.50. The van der Waals surface area contributed by atoms with Crippen LogP contribution < -0.4 is 14.4 Å². The second kappa shape index (κ2) is 12.3. The lowest BCUT2D eigenvalue weighted by Gasteiger charge is -2.32. The first kappa shape index (κ1) is 28.3. The number of nitrogens with zero attached hydrogens (tertiary/aromatic N) is 2. The highest BCUT2D eigenvalue weighted by molar-refractivity contribution is 7.92. The number of sulfonamides is 1. The van der Waals surface area contributed by atoms with Crippen molar-refractivity contribution in [2.24, 2.45) is 0 Å². The molecule has 1 unspecified atom stereocenters. The molecule has 0 radical (unpaired) electrons. The Morgan fingerprint density at radius 1 is 0.973 bits per heavy atom. The van der Waals surface area contributed by atoms with Crippen LogP contribution in [0.3, 0.4) is 0 Å². The summed E-state index contributed by atoms with van der Waals surface area (Å²) in [5.74, 6) is -0.341. The second-order valence-corrected chi connectivity index (χ2v) is 10.8. The van der Waals surface area contributed by atoms with Crippen LogP contribution in [0.1, 0.15) is 12.5 Å². The zero-order valence-electron chi connectivity index (χ0n) is 20.5. The van der Waals surface area contributed by atoms with Crippen LogP contribution in [-0.4, -0.2) is 51.9 Å². The highest BCUT2D eigenvalue weighted by Gasteiger charge is 2.32. The van der Waals surface area contributed by atoms with Crippen LogP contribution in [0.4, 0.5) is 5.69 Å². The molecule has 0 aliphatic rings. The lowest BCUT2D eigenvalue weighted by atomic mass is 10.1. The molecule has 196 valence electrons.